The Kier molecular flexibility index (Phi) is 3.26. The molecule has 3 heteroatoms. The standard InChI is InChI=1S/C8H9FIN/c1-11-5-6-3-2-4-7(10)8(6)9/h2-4,11H,5H2,1H3. The summed E-state index contributed by atoms with van der Waals surface area (Å²) in [6.45, 7) is 0.586. The molecule has 0 aliphatic carbocycles. The predicted molar refractivity (Wildman–Crippen MR) is 51.9 cm³/mol. The van der Waals surface area contributed by atoms with Crippen molar-refractivity contribution in [1.82, 2.24) is 5.32 Å². The summed E-state index contributed by atoms with van der Waals surface area (Å²) >= 11 is 1.99. The van der Waals surface area contributed by atoms with Crippen LogP contribution in [0.3, 0.4) is 0 Å². The summed E-state index contributed by atoms with van der Waals surface area (Å²) in [5, 5.41) is 2.91. The molecule has 0 radical (unpaired) electrons. The number of benzene rings is 1. The molecule has 0 saturated heterocycles. The first-order chi connectivity index (χ1) is 5.25. The van der Waals surface area contributed by atoms with Gasteiger partial charge in [0.15, 0.2) is 0 Å². The normalized spacial score (nSPS) is 10.1. The van der Waals surface area contributed by atoms with E-state index in [-0.39, 0.29) is 5.82 Å². The molecular weight excluding hydrogens is 256 g/mol. The SMILES string of the molecule is CNCc1cccc(I)c1F. The van der Waals surface area contributed by atoms with Crippen molar-refractivity contribution in [3.8, 4) is 0 Å². The van der Waals surface area contributed by atoms with Crippen LogP contribution in [0.2, 0.25) is 0 Å². The van der Waals surface area contributed by atoms with Crippen molar-refractivity contribution in [3.05, 3.63) is 33.1 Å². The van der Waals surface area contributed by atoms with E-state index < -0.39 is 0 Å². The van der Waals surface area contributed by atoms with Crippen LogP contribution >= 0.6 is 22.6 Å². The Balaban J connectivity index is 2.96. The van der Waals surface area contributed by atoms with E-state index in [1.165, 1.54) is 0 Å². The molecule has 0 unspecified atom stereocenters. The minimum atomic E-state index is -0.109. The van der Waals surface area contributed by atoms with Crippen molar-refractivity contribution < 1.29 is 4.39 Å². The van der Waals surface area contributed by atoms with Crippen molar-refractivity contribution in [2.24, 2.45) is 0 Å². The summed E-state index contributed by atoms with van der Waals surface area (Å²) in [6.07, 6.45) is 0. The number of hydrogen-bond acceptors (Lipinski definition) is 1. The highest BCUT2D eigenvalue weighted by atomic mass is 127. The molecular formula is C8H9FIN. The molecule has 0 aliphatic heterocycles. The first kappa shape index (κ1) is 8.93. The Morgan fingerprint density at radius 3 is 2.91 bits per heavy atom. The molecule has 0 bridgehead atoms. The molecule has 1 aromatic rings. The summed E-state index contributed by atoms with van der Waals surface area (Å²) < 4.78 is 13.8. The maximum atomic E-state index is 13.1. The van der Waals surface area contributed by atoms with E-state index in [2.05, 4.69) is 5.32 Å². The van der Waals surface area contributed by atoms with E-state index in [0.717, 1.165) is 5.56 Å². The fourth-order valence-corrected chi connectivity index (χ4v) is 1.43. The molecule has 60 valence electrons. The topological polar surface area (TPSA) is 12.0 Å². The Morgan fingerprint density at radius 2 is 2.27 bits per heavy atom. The maximum Gasteiger partial charge on any atom is 0.140 e. The summed E-state index contributed by atoms with van der Waals surface area (Å²) in [6, 6.07) is 5.40. The molecule has 0 amide bonds. The first-order valence-corrected chi connectivity index (χ1v) is 4.41. The lowest BCUT2D eigenvalue weighted by atomic mass is 10.2. The largest absolute Gasteiger partial charge is 0.316 e. The summed E-state index contributed by atoms with van der Waals surface area (Å²) in [7, 11) is 1.80. The van der Waals surface area contributed by atoms with Gasteiger partial charge in [-0.05, 0) is 35.7 Å². The Hall–Kier alpha value is -0.160. The van der Waals surface area contributed by atoms with Crippen LogP contribution in [0.1, 0.15) is 5.56 Å². The van der Waals surface area contributed by atoms with Gasteiger partial charge in [-0.3, -0.25) is 0 Å². The molecule has 0 aromatic heterocycles. The van der Waals surface area contributed by atoms with Crippen molar-refractivity contribution in [2.75, 3.05) is 7.05 Å². The molecule has 0 saturated carbocycles. The van der Waals surface area contributed by atoms with Gasteiger partial charge < -0.3 is 5.32 Å². The second-order valence-electron chi connectivity index (χ2n) is 2.24. The molecule has 0 spiro atoms. The molecule has 0 heterocycles. The lowest BCUT2D eigenvalue weighted by Gasteiger charge is -2.02. The van der Waals surface area contributed by atoms with Gasteiger partial charge >= 0.3 is 0 Å². The zero-order valence-electron chi connectivity index (χ0n) is 6.20. The quantitative estimate of drug-likeness (QED) is 0.808. The van der Waals surface area contributed by atoms with E-state index in [9.17, 15) is 4.39 Å². The molecule has 1 aromatic carbocycles. The van der Waals surface area contributed by atoms with Crippen LogP contribution in [-0.2, 0) is 6.54 Å². The van der Waals surface area contributed by atoms with E-state index in [4.69, 9.17) is 0 Å². The van der Waals surface area contributed by atoms with Gasteiger partial charge in [0.25, 0.3) is 0 Å². The maximum absolute atomic E-state index is 13.1. The van der Waals surface area contributed by atoms with Crippen LogP contribution in [0.4, 0.5) is 4.39 Å². The molecule has 1 N–H and O–H groups in total. The van der Waals surface area contributed by atoms with Gasteiger partial charge in [-0.2, -0.15) is 0 Å². The highest BCUT2D eigenvalue weighted by Gasteiger charge is 2.02. The van der Waals surface area contributed by atoms with Gasteiger partial charge in [0.1, 0.15) is 5.82 Å². The molecule has 1 nitrogen and oxygen atoms in total. The van der Waals surface area contributed by atoms with Gasteiger partial charge in [0, 0.05) is 15.7 Å². The van der Waals surface area contributed by atoms with Gasteiger partial charge in [0.05, 0.1) is 0 Å². The average molecular weight is 265 g/mol. The Labute approximate surface area is 79.1 Å². The van der Waals surface area contributed by atoms with Crippen molar-refractivity contribution >= 4 is 22.6 Å². The third-order valence-electron chi connectivity index (χ3n) is 1.40. The lowest BCUT2D eigenvalue weighted by Crippen LogP contribution is -2.07. The second kappa shape index (κ2) is 4.01. The molecule has 0 aliphatic rings. The number of halogens is 2. The fraction of sp³-hybridized carbons (Fsp3) is 0.250. The van der Waals surface area contributed by atoms with Crippen LogP contribution in [0, 0.1) is 9.39 Å². The van der Waals surface area contributed by atoms with Crippen LogP contribution in [0.5, 0.6) is 0 Å². The van der Waals surface area contributed by atoms with Gasteiger partial charge in [-0.15, -0.1) is 0 Å². The van der Waals surface area contributed by atoms with Crippen LogP contribution in [-0.4, -0.2) is 7.05 Å². The zero-order valence-corrected chi connectivity index (χ0v) is 8.35. The lowest BCUT2D eigenvalue weighted by molar-refractivity contribution is 0.594. The Bertz CT molecular complexity index is 250. The van der Waals surface area contributed by atoms with Crippen LogP contribution in [0.25, 0.3) is 0 Å². The average Bonchev–Trinajstić information content (AvgIpc) is 1.99. The van der Waals surface area contributed by atoms with E-state index in [0.29, 0.717) is 10.1 Å². The highest BCUT2D eigenvalue weighted by molar-refractivity contribution is 14.1. The van der Waals surface area contributed by atoms with E-state index >= 15 is 0 Å². The van der Waals surface area contributed by atoms with Gasteiger partial charge in [-0.25, -0.2) is 4.39 Å². The van der Waals surface area contributed by atoms with Gasteiger partial charge in [0.2, 0.25) is 0 Å². The molecule has 11 heavy (non-hydrogen) atoms. The summed E-state index contributed by atoms with van der Waals surface area (Å²) in [4.78, 5) is 0. The van der Waals surface area contributed by atoms with Crippen LogP contribution < -0.4 is 5.32 Å². The summed E-state index contributed by atoms with van der Waals surface area (Å²) in [5.74, 6) is -0.109. The number of nitrogens with one attached hydrogen (secondary N) is 1. The van der Waals surface area contributed by atoms with Gasteiger partial charge in [-0.1, -0.05) is 12.1 Å². The monoisotopic (exact) mass is 265 g/mol. The second-order valence-corrected chi connectivity index (χ2v) is 3.41. The van der Waals surface area contributed by atoms with Crippen LogP contribution in [0.15, 0.2) is 18.2 Å². The number of rotatable bonds is 2. The zero-order chi connectivity index (χ0) is 8.27. The highest BCUT2D eigenvalue weighted by Crippen LogP contribution is 2.14. The predicted octanol–water partition coefficient (Wildman–Crippen LogP) is 2.15. The third kappa shape index (κ3) is 2.13. The fourth-order valence-electron chi connectivity index (χ4n) is 0.875. The summed E-state index contributed by atoms with van der Waals surface area (Å²) in [5.41, 5.74) is 0.722. The minimum absolute atomic E-state index is 0.109. The van der Waals surface area contributed by atoms with Crippen molar-refractivity contribution in [2.45, 2.75) is 6.54 Å². The Morgan fingerprint density at radius 1 is 1.55 bits per heavy atom. The smallest absolute Gasteiger partial charge is 0.140 e. The van der Waals surface area contributed by atoms with E-state index in [1.807, 2.05) is 28.7 Å². The molecule has 0 fully saturated rings. The first-order valence-electron chi connectivity index (χ1n) is 3.33. The van der Waals surface area contributed by atoms with E-state index in [1.54, 1.807) is 19.2 Å². The third-order valence-corrected chi connectivity index (χ3v) is 2.23. The number of hydrogen-bond donors (Lipinski definition) is 1. The molecule has 0 atom stereocenters. The van der Waals surface area contributed by atoms with Crippen molar-refractivity contribution in [1.29, 1.82) is 0 Å². The molecule has 1 rings (SSSR count). The van der Waals surface area contributed by atoms with Crippen molar-refractivity contribution in [3.63, 3.8) is 0 Å². The minimum Gasteiger partial charge on any atom is -0.316 e.